The Labute approximate surface area is 108 Å². The third kappa shape index (κ3) is 3.30. The van der Waals surface area contributed by atoms with E-state index in [1.54, 1.807) is 0 Å². The summed E-state index contributed by atoms with van der Waals surface area (Å²) in [6, 6.07) is 18.4. The molecule has 0 aliphatic heterocycles. The summed E-state index contributed by atoms with van der Waals surface area (Å²) in [5, 5.41) is 0. The van der Waals surface area contributed by atoms with E-state index in [1.165, 1.54) is 11.1 Å². The number of rotatable bonds is 5. The standard InChI is InChI=1S/C17H18O/c1-2-17(18)16-10-6-9-15(13-16)12-11-14-7-4-3-5-8-14/h3-10,13H,2,11-12H2,1H3. The number of ketones is 1. The minimum absolute atomic E-state index is 0.219. The normalized spacial score (nSPS) is 10.3. The lowest BCUT2D eigenvalue weighted by Gasteiger charge is -2.04. The molecule has 0 fully saturated rings. The molecule has 2 rings (SSSR count). The SMILES string of the molecule is CCC(=O)c1cccc(CCc2ccccc2)c1. The molecular weight excluding hydrogens is 220 g/mol. The molecule has 0 aromatic heterocycles. The van der Waals surface area contributed by atoms with Crippen molar-refractivity contribution in [3.8, 4) is 0 Å². The summed E-state index contributed by atoms with van der Waals surface area (Å²) in [6.45, 7) is 1.90. The second-order valence-electron chi connectivity index (χ2n) is 4.46. The lowest BCUT2D eigenvalue weighted by molar-refractivity contribution is 0.0988. The fraction of sp³-hybridized carbons (Fsp3) is 0.235. The number of benzene rings is 2. The lowest BCUT2D eigenvalue weighted by atomic mass is 10.0. The maximum atomic E-state index is 11.6. The first-order chi connectivity index (χ1) is 8.79. The van der Waals surface area contributed by atoms with Crippen LogP contribution in [0.5, 0.6) is 0 Å². The molecule has 1 nitrogen and oxygen atoms in total. The zero-order valence-electron chi connectivity index (χ0n) is 10.7. The van der Waals surface area contributed by atoms with Crippen molar-refractivity contribution in [3.63, 3.8) is 0 Å². The van der Waals surface area contributed by atoms with E-state index in [9.17, 15) is 4.79 Å². The minimum Gasteiger partial charge on any atom is -0.294 e. The molecule has 0 saturated heterocycles. The van der Waals surface area contributed by atoms with Gasteiger partial charge in [-0.05, 0) is 30.0 Å². The Balaban J connectivity index is 2.04. The highest BCUT2D eigenvalue weighted by molar-refractivity contribution is 5.95. The first kappa shape index (κ1) is 12.6. The van der Waals surface area contributed by atoms with Gasteiger partial charge in [-0.3, -0.25) is 4.79 Å². The summed E-state index contributed by atoms with van der Waals surface area (Å²) in [7, 11) is 0. The van der Waals surface area contributed by atoms with Gasteiger partial charge in [-0.1, -0.05) is 55.5 Å². The van der Waals surface area contributed by atoms with Crippen molar-refractivity contribution in [2.75, 3.05) is 0 Å². The van der Waals surface area contributed by atoms with Gasteiger partial charge in [-0.25, -0.2) is 0 Å². The van der Waals surface area contributed by atoms with Crippen LogP contribution in [-0.2, 0) is 12.8 Å². The van der Waals surface area contributed by atoms with Crippen molar-refractivity contribution in [1.29, 1.82) is 0 Å². The third-order valence-corrected chi connectivity index (χ3v) is 3.12. The number of Topliss-reactive ketones (excluding diaryl/α,β-unsaturated/α-hetero) is 1. The fourth-order valence-electron chi connectivity index (χ4n) is 2.04. The summed E-state index contributed by atoms with van der Waals surface area (Å²) in [4.78, 5) is 11.6. The number of hydrogen-bond acceptors (Lipinski definition) is 1. The fourth-order valence-corrected chi connectivity index (χ4v) is 2.04. The van der Waals surface area contributed by atoms with E-state index in [2.05, 4.69) is 30.3 Å². The van der Waals surface area contributed by atoms with Gasteiger partial charge in [-0.2, -0.15) is 0 Å². The van der Waals surface area contributed by atoms with E-state index >= 15 is 0 Å². The van der Waals surface area contributed by atoms with Gasteiger partial charge in [0.2, 0.25) is 0 Å². The van der Waals surface area contributed by atoms with Crippen molar-refractivity contribution in [1.82, 2.24) is 0 Å². The molecule has 0 bridgehead atoms. The first-order valence-electron chi connectivity index (χ1n) is 6.45. The molecule has 0 N–H and O–H groups in total. The van der Waals surface area contributed by atoms with Gasteiger partial charge in [0.15, 0.2) is 5.78 Å². The monoisotopic (exact) mass is 238 g/mol. The maximum absolute atomic E-state index is 11.6. The van der Waals surface area contributed by atoms with Gasteiger partial charge in [-0.15, -0.1) is 0 Å². The summed E-state index contributed by atoms with van der Waals surface area (Å²) in [5.74, 6) is 0.219. The molecule has 0 spiro atoms. The molecule has 18 heavy (non-hydrogen) atoms. The van der Waals surface area contributed by atoms with Gasteiger partial charge >= 0.3 is 0 Å². The Morgan fingerprint density at radius 1 is 0.889 bits per heavy atom. The van der Waals surface area contributed by atoms with Crippen LogP contribution in [0.25, 0.3) is 0 Å². The van der Waals surface area contributed by atoms with Gasteiger partial charge in [0, 0.05) is 12.0 Å². The van der Waals surface area contributed by atoms with Crippen LogP contribution in [0.4, 0.5) is 0 Å². The van der Waals surface area contributed by atoms with E-state index in [-0.39, 0.29) is 5.78 Å². The predicted octanol–water partition coefficient (Wildman–Crippen LogP) is 4.06. The van der Waals surface area contributed by atoms with Crippen LogP contribution < -0.4 is 0 Å². The summed E-state index contributed by atoms with van der Waals surface area (Å²) < 4.78 is 0. The predicted molar refractivity (Wildman–Crippen MR) is 74.9 cm³/mol. The minimum atomic E-state index is 0.219. The molecule has 1 heteroatoms. The van der Waals surface area contributed by atoms with Crippen LogP contribution in [0.1, 0.15) is 34.8 Å². The zero-order chi connectivity index (χ0) is 12.8. The van der Waals surface area contributed by atoms with Crippen molar-refractivity contribution in [2.45, 2.75) is 26.2 Å². The molecule has 0 saturated carbocycles. The molecule has 0 atom stereocenters. The van der Waals surface area contributed by atoms with Gasteiger partial charge in [0.25, 0.3) is 0 Å². The molecule has 92 valence electrons. The summed E-state index contributed by atoms with van der Waals surface area (Å²) in [6.07, 6.45) is 2.57. The smallest absolute Gasteiger partial charge is 0.162 e. The Bertz CT molecular complexity index is 514. The van der Waals surface area contributed by atoms with E-state index in [0.717, 1.165) is 18.4 Å². The second kappa shape index (κ2) is 6.15. The molecule has 0 heterocycles. The molecule has 0 aliphatic carbocycles. The molecular formula is C17H18O. The topological polar surface area (TPSA) is 17.1 Å². The summed E-state index contributed by atoms with van der Waals surface area (Å²) >= 11 is 0. The van der Waals surface area contributed by atoms with Crippen LogP contribution in [0.2, 0.25) is 0 Å². The Kier molecular flexibility index (Phi) is 4.30. The highest BCUT2D eigenvalue weighted by Gasteiger charge is 2.03. The second-order valence-corrected chi connectivity index (χ2v) is 4.46. The molecule has 0 radical (unpaired) electrons. The average molecular weight is 238 g/mol. The summed E-state index contributed by atoms with van der Waals surface area (Å²) in [5.41, 5.74) is 3.41. The molecule has 0 amide bonds. The lowest BCUT2D eigenvalue weighted by Crippen LogP contribution is -1.98. The van der Waals surface area contributed by atoms with Gasteiger partial charge < -0.3 is 0 Å². The number of aryl methyl sites for hydroxylation is 2. The van der Waals surface area contributed by atoms with Gasteiger partial charge in [0.1, 0.15) is 0 Å². The Morgan fingerprint density at radius 2 is 1.56 bits per heavy atom. The average Bonchev–Trinajstić information content (AvgIpc) is 2.45. The van der Waals surface area contributed by atoms with Crippen molar-refractivity contribution >= 4 is 5.78 Å². The third-order valence-electron chi connectivity index (χ3n) is 3.12. The van der Waals surface area contributed by atoms with Crippen LogP contribution in [-0.4, -0.2) is 5.78 Å². The van der Waals surface area contributed by atoms with Gasteiger partial charge in [0.05, 0.1) is 0 Å². The van der Waals surface area contributed by atoms with Crippen molar-refractivity contribution in [2.24, 2.45) is 0 Å². The highest BCUT2D eigenvalue weighted by Crippen LogP contribution is 2.11. The van der Waals surface area contributed by atoms with E-state index in [0.29, 0.717) is 6.42 Å². The Hall–Kier alpha value is -1.89. The number of carbonyl (C=O) groups excluding carboxylic acids is 1. The van der Waals surface area contributed by atoms with Crippen molar-refractivity contribution in [3.05, 3.63) is 71.3 Å². The number of carbonyl (C=O) groups is 1. The molecule has 2 aromatic carbocycles. The Morgan fingerprint density at radius 3 is 2.28 bits per heavy atom. The largest absolute Gasteiger partial charge is 0.294 e. The molecule has 0 aliphatic rings. The quantitative estimate of drug-likeness (QED) is 0.718. The van der Waals surface area contributed by atoms with E-state index < -0.39 is 0 Å². The van der Waals surface area contributed by atoms with Crippen LogP contribution >= 0.6 is 0 Å². The van der Waals surface area contributed by atoms with Crippen LogP contribution in [0, 0.1) is 0 Å². The highest BCUT2D eigenvalue weighted by atomic mass is 16.1. The van der Waals surface area contributed by atoms with Crippen LogP contribution in [0.15, 0.2) is 54.6 Å². The van der Waals surface area contributed by atoms with Crippen molar-refractivity contribution < 1.29 is 4.79 Å². The van der Waals surface area contributed by atoms with Crippen LogP contribution in [0.3, 0.4) is 0 Å². The zero-order valence-corrected chi connectivity index (χ0v) is 10.7. The van der Waals surface area contributed by atoms with E-state index in [4.69, 9.17) is 0 Å². The molecule has 2 aromatic rings. The maximum Gasteiger partial charge on any atom is 0.162 e. The molecule has 0 unspecified atom stereocenters. The van der Waals surface area contributed by atoms with E-state index in [1.807, 2.05) is 31.2 Å². The number of hydrogen-bond donors (Lipinski definition) is 0. The first-order valence-corrected chi connectivity index (χ1v) is 6.45.